The topological polar surface area (TPSA) is 69.7 Å². The van der Waals surface area contributed by atoms with Crippen LogP contribution in [0.4, 0.5) is 0 Å². The highest BCUT2D eigenvalue weighted by molar-refractivity contribution is 7.86. The molecule has 0 radical (unpaired) electrons. The number of hydrogen-bond donors (Lipinski definition) is 0. The zero-order chi connectivity index (χ0) is 17.1. The van der Waals surface area contributed by atoms with Gasteiger partial charge in [0.2, 0.25) is 0 Å². The molecule has 0 amide bonds. The van der Waals surface area contributed by atoms with E-state index in [-0.39, 0.29) is 17.9 Å². The van der Waals surface area contributed by atoms with Crippen LogP contribution in [0.1, 0.15) is 43.9 Å². The maximum atomic E-state index is 12.3. The van der Waals surface area contributed by atoms with Crippen LogP contribution in [0.25, 0.3) is 0 Å². The standard InChI is InChI=1S/C16H24O5S/c1-11-9-12(2)15(13(3)10-11)22(18,19)20-8-7-14(17)21-16(4,5)6/h9-10H,7-8H2,1-6H3. The van der Waals surface area contributed by atoms with Crippen LogP contribution in [0.5, 0.6) is 0 Å². The van der Waals surface area contributed by atoms with Gasteiger partial charge in [-0.2, -0.15) is 8.42 Å². The monoisotopic (exact) mass is 328 g/mol. The summed E-state index contributed by atoms with van der Waals surface area (Å²) in [5.74, 6) is -0.486. The Hall–Kier alpha value is -1.40. The Morgan fingerprint density at radius 3 is 2.05 bits per heavy atom. The smallest absolute Gasteiger partial charge is 0.308 e. The summed E-state index contributed by atoms with van der Waals surface area (Å²) in [6.07, 6.45) is -0.111. The Bertz CT molecular complexity index is 631. The SMILES string of the molecule is Cc1cc(C)c(S(=O)(=O)OCCC(=O)OC(C)(C)C)c(C)c1. The minimum absolute atomic E-state index is 0.111. The first-order valence-electron chi connectivity index (χ1n) is 7.11. The molecule has 1 aromatic rings. The van der Waals surface area contributed by atoms with Crippen molar-refractivity contribution in [3.05, 3.63) is 28.8 Å². The van der Waals surface area contributed by atoms with E-state index in [2.05, 4.69) is 0 Å². The molecule has 0 aliphatic carbocycles. The third-order valence-corrected chi connectivity index (χ3v) is 4.44. The first-order valence-corrected chi connectivity index (χ1v) is 8.52. The summed E-state index contributed by atoms with van der Waals surface area (Å²) in [5, 5.41) is 0. The van der Waals surface area contributed by atoms with Crippen molar-refractivity contribution in [2.24, 2.45) is 0 Å². The Labute approximate surface area is 132 Å². The second kappa shape index (κ2) is 6.79. The molecule has 0 bridgehead atoms. The molecule has 0 saturated carbocycles. The van der Waals surface area contributed by atoms with Crippen LogP contribution >= 0.6 is 0 Å². The van der Waals surface area contributed by atoms with Crippen molar-refractivity contribution in [2.45, 2.75) is 58.5 Å². The van der Waals surface area contributed by atoms with Gasteiger partial charge in [-0.25, -0.2) is 0 Å². The molecule has 0 spiro atoms. The van der Waals surface area contributed by atoms with E-state index in [1.807, 2.05) is 6.92 Å². The molecule has 0 aliphatic heterocycles. The molecule has 0 saturated heterocycles. The van der Waals surface area contributed by atoms with Crippen LogP contribution in [-0.4, -0.2) is 26.6 Å². The molecular weight excluding hydrogens is 304 g/mol. The van der Waals surface area contributed by atoms with Gasteiger partial charge in [0.05, 0.1) is 17.9 Å². The molecule has 0 heterocycles. The van der Waals surface area contributed by atoms with Crippen molar-refractivity contribution < 1.29 is 22.1 Å². The molecule has 1 aromatic carbocycles. The Balaban J connectivity index is 2.76. The first kappa shape index (κ1) is 18.6. The third kappa shape index (κ3) is 5.42. The van der Waals surface area contributed by atoms with E-state index in [1.165, 1.54) is 0 Å². The zero-order valence-corrected chi connectivity index (χ0v) is 14.8. The van der Waals surface area contributed by atoms with Gasteiger partial charge < -0.3 is 4.74 Å². The van der Waals surface area contributed by atoms with Crippen LogP contribution < -0.4 is 0 Å². The van der Waals surface area contributed by atoms with Crippen molar-refractivity contribution in [1.82, 2.24) is 0 Å². The van der Waals surface area contributed by atoms with Gasteiger partial charge in [0, 0.05) is 0 Å². The van der Waals surface area contributed by atoms with Gasteiger partial charge in [-0.15, -0.1) is 0 Å². The molecule has 124 valence electrons. The summed E-state index contributed by atoms with van der Waals surface area (Å²) in [4.78, 5) is 11.7. The van der Waals surface area contributed by atoms with Crippen molar-refractivity contribution >= 4 is 16.1 Å². The number of rotatable bonds is 5. The van der Waals surface area contributed by atoms with Crippen molar-refractivity contribution in [3.8, 4) is 0 Å². The van der Waals surface area contributed by atoms with Gasteiger partial charge in [0.15, 0.2) is 0 Å². The molecule has 0 aliphatic rings. The predicted molar refractivity (Wildman–Crippen MR) is 84.3 cm³/mol. The fourth-order valence-corrected chi connectivity index (χ4v) is 3.57. The summed E-state index contributed by atoms with van der Waals surface area (Å²) in [6.45, 7) is 10.4. The minimum atomic E-state index is -3.89. The number of ether oxygens (including phenoxy) is 1. The van der Waals surface area contributed by atoms with Crippen LogP contribution in [0.15, 0.2) is 17.0 Å². The maximum absolute atomic E-state index is 12.3. The Morgan fingerprint density at radius 1 is 1.09 bits per heavy atom. The fraction of sp³-hybridized carbons (Fsp3) is 0.562. The highest BCUT2D eigenvalue weighted by Crippen LogP contribution is 2.23. The lowest BCUT2D eigenvalue weighted by Gasteiger charge is -2.19. The molecule has 0 unspecified atom stereocenters. The lowest BCUT2D eigenvalue weighted by Crippen LogP contribution is -2.25. The highest BCUT2D eigenvalue weighted by Gasteiger charge is 2.22. The Kier molecular flexibility index (Phi) is 5.76. The van der Waals surface area contributed by atoms with E-state index < -0.39 is 21.7 Å². The summed E-state index contributed by atoms with van der Waals surface area (Å²) in [5.41, 5.74) is 1.66. The van der Waals surface area contributed by atoms with E-state index in [0.717, 1.165) is 5.56 Å². The normalized spacial score (nSPS) is 12.3. The minimum Gasteiger partial charge on any atom is -0.460 e. The maximum Gasteiger partial charge on any atom is 0.308 e. The molecule has 22 heavy (non-hydrogen) atoms. The van der Waals surface area contributed by atoms with E-state index in [9.17, 15) is 13.2 Å². The number of aryl methyl sites for hydroxylation is 3. The Morgan fingerprint density at radius 2 is 1.59 bits per heavy atom. The van der Waals surface area contributed by atoms with Gasteiger partial charge in [-0.05, 0) is 52.7 Å². The number of esters is 1. The zero-order valence-electron chi connectivity index (χ0n) is 14.0. The van der Waals surface area contributed by atoms with Gasteiger partial charge in [-0.3, -0.25) is 8.98 Å². The molecule has 0 fully saturated rings. The van der Waals surface area contributed by atoms with Crippen LogP contribution in [0, 0.1) is 20.8 Å². The summed E-state index contributed by atoms with van der Waals surface area (Å²) in [6, 6.07) is 3.58. The molecule has 0 aromatic heterocycles. The average Bonchev–Trinajstić information content (AvgIpc) is 2.23. The highest BCUT2D eigenvalue weighted by atomic mass is 32.2. The first-order chi connectivity index (χ1) is 9.92. The molecular formula is C16H24O5S. The number of hydrogen-bond acceptors (Lipinski definition) is 5. The second-order valence-corrected chi connectivity index (χ2v) is 7.89. The molecule has 0 N–H and O–H groups in total. The third-order valence-electron chi connectivity index (χ3n) is 2.82. The molecule has 1 rings (SSSR count). The van der Waals surface area contributed by atoms with Crippen LogP contribution in [-0.2, 0) is 23.8 Å². The van der Waals surface area contributed by atoms with E-state index >= 15 is 0 Å². The molecule has 6 heteroatoms. The van der Waals surface area contributed by atoms with Gasteiger partial charge in [-0.1, -0.05) is 17.7 Å². The van der Waals surface area contributed by atoms with E-state index in [4.69, 9.17) is 8.92 Å². The second-order valence-electron chi connectivity index (χ2n) is 6.34. The molecule has 0 atom stereocenters. The fourth-order valence-electron chi connectivity index (χ4n) is 2.25. The van der Waals surface area contributed by atoms with Gasteiger partial charge in [0.25, 0.3) is 10.1 Å². The summed E-state index contributed by atoms with van der Waals surface area (Å²) < 4.78 is 34.6. The molecule has 5 nitrogen and oxygen atoms in total. The van der Waals surface area contributed by atoms with Crippen molar-refractivity contribution in [2.75, 3.05) is 6.61 Å². The summed E-state index contributed by atoms with van der Waals surface area (Å²) >= 11 is 0. The van der Waals surface area contributed by atoms with Crippen LogP contribution in [0.3, 0.4) is 0 Å². The lowest BCUT2D eigenvalue weighted by molar-refractivity contribution is -0.155. The summed E-state index contributed by atoms with van der Waals surface area (Å²) in [7, 11) is -3.89. The van der Waals surface area contributed by atoms with E-state index in [0.29, 0.717) is 11.1 Å². The van der Waals surface area contributed by atoms with E-state index in [1.54, 1.807) is 46.8 Å². The largest absolute Gasteiger partial charge is 0.460 e. The number of carbonyl (C=O) groups excluding carboxylic acids is 1. The lowest BCUT2D eigenvalue weighted by atomic mass is 10.1. The quantitative estimate of drug-likeness (QED) is 0.614. The number of carbonyl (C=O) groups is 1. The van der Waals surface area contributed by atoms with Gasteiger partial charge >= 0.3 is 5.97 Å². The average molecular weight is 328 g/mol. The van der Waals surface area contributed by atoms with Crippen molar-refractivity contribution in [1.29, 1.82) is 0 Å². The van der Waals surface area contributed by atoms with Gasteiger partial charge in [0.1, 0.15) is 5.60 Å². The van der Waals surface area contributed by atoms with Crippen molar-refractivity contribution in [3.63, 3.8) is 0 Å². The predicted octanol–water partition coefficient (Wildman–Crippen LogP) is 3.05. The van der Waals surface area contributed by atoms with Crippen LogP contribution in [0.2, 0.25) is 0 Å². The number of benzene rings is 1.